The molecule has 2 heteroatoms. The van der Waals surface area contributed by atoms with Gasteiger partial charge < -0.3 is 10.1 Å². The van der Waals surface area contributed by atoms with E-state index in [0.29, 0.717) is 0 Å². The van der Waals surface area contributed by atoms with Crippen LogP contribution in [0, 0.1) is 0 Å². The summed E-state index contributed by atoms with van der Waals surface area (Å²) in [6.07, 6.45) is 0.145. The van der Waals surface area contributed by atoms with Crippen molar-refractivity contribution in [3.63, 3.8) is 0 Å². The van der Waals surface area contributed by atoms with Crippen LogP contribution in [0.3, 0.4) is 0 Å². The van der Waals surface area contributed by atoms with Crippen LogP contribution in [0.4, 0.5) is 0 Å². The zero-order valence-corrected chi connectivity index (χ0v) is 12.1. The summed E-state index contributed by atoms with van der Waals surface area (Å²) in [7, 11) is 0. The van der Waals surface area contributed by atoms with Crippen LogP contribution in [-0.4, -0.2) is 18.7 Å². The molecule has 0 bridgehead atoms. The summed E-state index contributed by atoms with van der Waals surface area (Å²) in [6, 6.07) is 19.1. The zero-order valence-electron chi connectivity index (χ0n) is 12.1. The van der Waals surface area contributed by atoms with Gasteiger partial charge in [0.05, 0.1) is 12.7 Å². The predicted octanol–water partition coefficient (Wildman–Crippen LogP) is 3.79. The lowest BCUT2D eigenvalue weighted by atomic mass is 9.98. The van der Waals surface area contributed by atoms with E-state index in [0.717, 1.165) is 13.2 Å². The van der Waals surface area contributed by atoms with E-state index in [2.05, 4.69) is 67.7 Å². The Morgan fingerprint density at radius 3 is 2.45 bits per heavy atom. The van der Waals surface area contributed by atoms with Gasteiger partial charge in [0.2, 0.25) is 0 Å². The van der Waals surface area contributed by atoms with Gasteiger partial charge in [-0.3, -0.25) is 0 Å². The minimum absolute atomic E-state index is 0.0769. The Morgan fingerprint density at radius 2 is 1.75 bits per heavy atom. The fourth-order valence-electron chi connectivity index (χ4n) is 2.55. The molecule has 104 valence electrons. The van der Waals surface area contributed by atoms with Crippen molar-refractivity contribution >= 4 is 0 Å². The highest BCUT2D eigenvalue weighted by molar-refractivity contribution is 5.64. The van der Waals surface area contributed by atoms with Gasteiger partial charge in [-0.2, -0.15) is 0 Å². The summed E-state index contributed by atoms with van der Waals surface area (Å²) in [4.78, 5) is 0. The number of rotatable bonds is 2. The highest BCUT2D eigenvalue weighted by Gasteiger charge is 2.27. The first kappa shape index (κ1) is 13.3. The molecule has 1 saturated heterocycles. The second-order valence-corrected chi connectivity index (χ2v) is 6.06. The van der Waals surface area contributed by atoms with Crippen molar-refractivity contribution in [1.29, 1.82) is 0 Å². The fourth-order valence-corrected chi connectivity index (χ4v) is 2.55. The van der Waals surface area contributed by atoms with Gasteiger partial charge in [-0.1, -0.05) is 48.5 Å². The Morgan fingerprint density at radius 1 is 1.00 bits per heavy atom. The molecule has 2 aromatic rings. The maximum Gasteiger partial charge on any atom is 0.0950 e. The van der Waals surface area contributed by atoms with Crippen molar-refractivity contribution in [3.05, 3.63) is 60.2 Å². The number of hydrogen-bond donors (Lipinski definition) is 1. The monoisotopic (exact) mass is 267 g/mol. The van der Waals surface area contributed by atoms with Crippen molar-refractivity contribution in [2.45, 2.75) is 25.5 Å². The smallest absolute Gasteiger partial charge is 0.0950 e. The summed E-state index contributed by atoms with van der Waals surface area (Å²) in [5.74, 6) is 0. The molecule has 0 saturated carbocycles. The largest absolute Gasteiger partial charge is 0.370 e. The fraction of sp³-hybridized carbons (Fsp3) is 0.333. The lowest BCUT2D eigenvalue weighted by Gasteiger charge is -2.36. The van der Waals surface area contributed by atoms with E-state index in [-0.39, 0.29) is 11.6 Å². The first-order chi connectivity index (χ1) is 9.64. The normalized spacial score (nSPS) is 21.6. The Balaban J connectivity index is 1.82. The Labute approximate surface area is 120 Å². The molecule has 1 atom stereocenters. The van der Waals surface area contributed by atoms with E-state index in [1.54, 1.807) is 0 Å². The van der Waals surface area contributed by atoms with E-state index in [1.165, 1.54) is 16.7 Å². The zero-order chi connectivity index (χ0) is 14.0. The van der Waals surface area contributed by atoms with Gasteiger partial charge in [-0.05, 0) is 36.6 Å². The molecule has 3 rings (SSSR count). The molecule has 0 aromatic heterocycles. The van der Waals surface area contributed by atoms with Crippen LogP contribution < -0.4 is 5.32 Å². The quantitative estimate of drug-likeness (QED) is 0.893. The van der Waals surface area contributed by atoms with E-state index in [1.807, 2.05) is 6.07 Å². The van der Waals surface area contributed by atoms with Crippen LogP contribution in [0.15, 0.2) is 54.6 Å². The third-order valence-electron chi connectivity index (χ3n) is 3.78. The van der Waals surface area contributed by atoms with Crippen molar-refractivity contribution in [2.75, 3.05) is 13.2 Å². The number of hydrogen-bond acceptors (Lipinski definition) is 2. The second-order valence-electron chi connectivity index (χ2n) is 6.06. The van der Waals surface area contributed by atoms with Gasteiger partial charge in [0, 0.05) is 12.1 Å². The van der Waals surface area contributed by atoms with Gasteiger partial charge in [-0.25, -0.2) is 0 Å². The van der Waals surface area contributed by atoms with Crippen LogP contribution in [0.1, 0.15) is 25.5 Å². The lowest BCUT2D eigenvalue weighted by molar-refractivity contribution is -0.0228. The Hall–Kier alpha value is -1.64. The summed E-state index contributed by atoms with van der Waals surface area (Å²) in [6.45, 7) is 5.95. The third-order valence-corrected chi connectivity index (χ3v) is 3.78. The molecule has 1 aliphatic heterocycles. The van der Waals surface area contributed by atoms with Gasteiger partial charge >= 0.3 is 0 Å². The molecule has 0 amide bonds. The van der Waals surface area contributed by atoms with Crippen molar-refractivity contribution in [3.8, 4) is 11.1 Å². The predicted molar refractivity (Wildman–Crippen MR) is 82.7 cm³/mol. The third kappa shape index (κ3) is 2.92. The number of nitrogens with one attached hydrogen (secondary N) is 1. The molecule has 1 aliphatic rings. The van der Waals surface area contributed by atoms with E-state index in [4.69, 9.17) is 4.74 Å². The first-order valence-corrected chi connectivity index (χ1v) is 7.16. The van der Waals surface area contributed by atoms with E-state index in [9.17, 15) is 0 Å². The van der Waals surface area contributed by atoms with Crippen LogP contribution in [0.5, 0.6) is 0 Å². The maximum atomic E-state index is 6.01. The lowest BCUT2D eigenvalue weighted by Crippen LogP contribution is -2.50. The average Bonchev–Trinajstić information content (AvgIpc) is 2.48. The molecule has 1 unspecified atom stereocenters. The summed E-state index contributed by atoms with van der Waals surface area (Å²) in [5, 5.41) is 3.54. The van der Waals surface area contributed by atoms with Crippen LogP contribution in [0.25, 0.3) is 11.1 Å². The molecule has 1 heterocycles. The van der Waals surface area contributed by atoms with Gasteiger partial charge in [0.15, 0.2) is 0 Å². The Bertz CT molecular complexity index is 567. The van der Waals surface area contributed by atoms with Gasteiger partial charge in [0.1, 0.15) is 0 Å². The number of benzene rings is 2. The molecule has 1 fully saturated rings. The molecule has 0 radical (unpaired) electrons. The maximum absolute atomic E-state index is 6.01. The highest BCUT2D eigenvalue weighted by atomic mass is 16.5. The van der Waals surface area contributed by atoms with E-state index >= 15 is 0 Å². The van der Waals surface area contributed by atoms with Crippen molar-refractivity contribution < 1.29 is 4.74 Å². The molecule has 1 N–H and O–H groups in total. The van der Waals surface area contributed by atoms with Gasteiger partial charge in [-0.15, -0.1) is 0 Å². The molecule has 0 aliphatic carbocycles. The molecular weight excluding hydrogens is 246 g/mol. The second kappa shape index (κ2) is 5.39. The molecule has 2 aromatic carbocycles. The summed E-state index contributed by atoms with van der Waals surface area (Å²) in [5.41, 5.74) is 3.82. The minimum atomic E-state index is 0.0769. The summed E-state index contributed by atoms with van der Waals surface area (Å²) >= 11 is 0. The minimum Gasteiger partial charge on any atom is -0.370 e. The van der Waals surface area contributed by atoms with Crippen LogP contribution >= 0.6 is 0 Å². The van der Waals surface area contributed by atoms with Crippen molar-refractivity contribution in [2.24, 2.45) is 0 Å². The highest BCUT2D eigenvalue weighted by Crippen LogP contribution is 2.27. The van der Waals surface area contributed by atoms with Crippen molar-refractivity contribution in [1.82, 2.24) is 5.32 Å². The molecule has 0 spiro atoms. The topological polar surface area (TPSA) is 21.3 Å². The molecule has 20 heavy (non-hydrogen) atoms. The number of morpholine rings is 1. The van der Waals surface area contributed by atoms with Crippen LogP contribution in [0.2, 0.25) is 0 Å². The molecular formula is C18H21NO. The summed E-state index contributed by atoms with van der Waals surface area (Å²) < 4.78 is 6.01. The average molecular weight is 267 g/mol. The standard InChI is InChI=1S/C18H21NO/c1-18(2)13-20-17(12-19-18)16-10-6-9-15(11-16)14-7-4-3-5-8-14/h3-11,17,19H,12-13H2,1-2H3. The Kier molecular flexibility index (Phi) is 3.60. The van der Waals surface area contributed by atoms with E-state index < -0.39 is 0 Å². The SMILES string of the molecule is CC1(C)COC(c2cccc(-c3ccccc3)c2)CN1. The molecule has 2 nitrogen and oxygen atoms in total. The first-order valence-electron chi connectivity index (χ1n) is 7.16. The van der Waals surface area contributed by atoms with Crippen LogP contribution in [-0.2, 0) is 4.74 Å². The van der Waals surface area contributed by atoms with Gasteiger partial charge in [0.25, 0.3) is 0 Å². The number of ether oxygens (including phenoxy) is 1.